The minimum atomic E-state index is 0.656. The second-order valence-electron chi connectivity index (χ2n) is 3.91. The minimum Gasteiger partial charge on any atom is -0.381 e. The third-order valence-corrected chi connectivity index (χ3v) is 2.20. The minimum absolute atomic E-state index is 0.656. The van der Waals surface area contributed by atoms with Crippen LogP contribution in [-0.4, -0.2) is 27.4 Å². The van der Waals surface area contributed by atoms with Gasteiger partial charge in [0.05, 0.1) is 13.2 Å². The monoisotopic (exact) mass is 248 g/mol. The van der Waals surface area contributed by atoms with Gasteiger partial charge in [0.25, 0.3) is 0 Å². The molecule has 2 nitrogen and oxygen atoms in total. The van der Waals surface area contributed by atoms with Gasteiger partial charge in [-0.1, -0.05) is 59.8 Å². The highest BCUT2D eigenvalue weighted by Gasteiger charge is 1.80. The van der Waals surface area contributed by atoms with E-state index in [0.717, 1.165) is 0 Å². The van der Waals surface area contributed by atoms with Crippen molar-refractivity contribution in [3.63, 3.8) is 0 Å². The molecule has 0 aromatic heterocycles. The van der Waals surface area contributed by atoms with Crippen LogP contribution < -0.4 is 0 Å². The number of rotatable bonds is 8. The largest absolute Gasteiger partial charge is 0.381 e. The Kier molecular flexibility index (Phi) is 11.2. The summed E-state index contributed by atoms with van der Waals surface area (Å²) in [5, 5.41) is 0. The Morgan fingerprint density at radius 1 is 0.722 bits per heavy atom. The van der Waals surface area contributed by atoms with E-state index in [0.29, 0.717) is 13.2 Å². The molecule has 18 heavy (non-hydrogen) atoms. The van der Waals surface area contributed by atoms with Gasteiger partial charge in [-0.05, 0) is 13.8 Å². The van der Waals surface area contributed by atoms with E-state index >= 15 is 0 Å². The Labute approximate surface area is 111 Å². The summed E-state index contributed by atoms with van der Waals surface area (Å²) in [4.78, 5) is 0. The van der Waals surface area contributed by atoms with E-state index in [4.69, 9.17) is 9.47 Å². The summed E-state index contributed by atoms with van der Waals surface area (Å²) < 4.78 is 9.92. The second kappa shape index (κ2) is 12.1. The van der Waals surface area contributed by atoms with Gasteiger partial charge >= 0.3 is 0 Å². The van der Waals surface area contributed by atoms with Gasteiger partial charge in [-0.3, -0.25) is 0 Å². The predicted molar refractivity (Wildman–Crippen MR) is 78.7 cm³/mol. The summed E-state index contributed by atoms with van der Waals surface area (Å²) in [7, 11) is 3.38. The molecule has 0 aromatic carbocycles. The van der Waals surface area contributed by atoms with E-state index in [1.54, 1.807) is 14.2 Å². The van der Waals surface area contributed by atoms with Crippen molar-refractivity contribution in [2.24, 2.45) is 0 Å². The first-order valence-corrected chi connectivity index (χ1v) is 6.03. The average molecular weight is 248 g/mol. The Hall–Kier alpha value is -1.38. The molecule has 0 saturated heterocycles. The normalized spacial score (nSPS) is 14.4. The van der Waals surface area contributed by atoms with Crippen molar-refractivity contribution in [1.82, 2.24) is 0 Å². The molecule has 0 radical (unpaired) electrons. The molecule has 100 valence electrons. The lowest BCUT2D eigenvalue weighted by Gasteiger charge is -1.91. The van der Waals surface area contributed by atoms with E-state index in [1.807, 2.05) is 36.5 Å². The number of allylic oxidation sites excluding steroid dienone is 8. The van der Waals surface area contributed by atoms with Crippen molar-refractivity contribution < 1.29 is 9.47 Å². The van der Waals surface area contributed by atoms with E-state index in [1.165, 1.54) is 11.1 Å². The van der Waals surface area contributed by atoms with Crippen LogP contribution in [0.5, 0.6) is 0 Å². The number of methoxy groups -OCH3 is 2. The maximum atomic E-state index is 4.96. The number of hydrogen-bond donors (Lipinski definition) is 0. The molecule has 0 unspecified atom stereocenters. The third-order valence-electron chi connectivity index (χ3n) is 2.20. The molecular weight excluding hydrogens is 224 g/mol. The van der Waals surface area contributed by atoms with Gasteiger partial charge in [-0.2, -0.15) is 0 Å². The fourth-order valence-electron chi connectivity index (χ4n) is 1.11. The summed E-state index contributed by atoms with van der Waals surface area (Å²) in [6, 6.07) is 0. The Morgan fingerprint density at radius 2 is 1.11 bits per heavy atom. The standard InChI is InChI=1S/C16H24O2/c1-15(11-13-17-3)9-7-5-6-8-10-16(2)12-14-18-4/h5-12H,13-14H2,1-4H3/b6-5+,9-7+,10-8+,15-11+,16-12+. The fraction of sp³-hybridized carbons (Fsp3) is 0.375. The van der Waals surface area contributed by atoms with Crippen LogP contribution in [0.3, 0.4) is 0 Å². The smallest absolute Gasteiger partial charge is 0.0649 e. The molecule has 0 heterocycles. The molecule has 0 N–H and O–H groups in total. The Balaban J connectivity index is 4.03. The molecule has 0 fully saturated rings. The molecule has 0 atom stereocenters. The van der Waals surface area contributed by atoms with Crippen LogP contribution >= 0.6 is 0 Å². The van der Waals surface area contributed by atoms with Crippen LogP contribution in [0.2, 0.25) is 0 Å². The van der Waals surface area contributed by atoms with Crippen LogP contribution in [0.15, 0.2) is 59.8 Å². The first-order valence-electron chi connectivity index (χ1n) is 6.03. The first kappa shape index (κ1) is 16.6. The quantitative estimate of drug-likeness (QED) is 0.608. The zero-order valence-electron chi connectivity index (χ0n) is 11.8. The van der Waals surface area contributed by atoms with E-state index in [-0.39, 0.29) is 0 Å². The number of hydrogen-bond acceptors (Lipinski definition) is 2. The third kappa shape index (κ3) is 11.1. The molecule has 0 spiro atoms. The van der Waals surface area contributed by atoms with Crippen LogP contribution in [0.1, 0.15) is 13.8 Å². The molecule has 0 rings (SSSR count). The molecule has 0 aromatic rings. The van der Waals surface area contributed by atoms with Crippen molar-refractivity contribution in [3.8, 4) is 0 Å². The van der Waals surface area contributed by atoms with Crippen molar-refractivity contribution in [1.29, 1.82) is 0 Å². The van der Waals surface area contributed by atoms with Crippen LogP contribution in [0.4, 0.5) is 0 Å². The summed E-state index contributed by atoms with van der Waals surface area (Å²) in [5.74, 6) is 0. The highest BCUT2D eigenvalue weighted by atomic mass is 16.5. The molecular formula is C16H24O2. The lowest BCUT2D eigenvalue weighted by molar-refractivity contribution is 0.233. The van der Waals surface area contributed by atoms with Gasteiger partial charge in [0.2, 0.25) is 0 Å². The predicted octanol–water partition coefficient (Wildman–Crippen LogP) is 3.84. The van der Waals surface area contributed by atoms with E-state index in [2.05, 4.69) is 26.0 Å². The van der Waals surface area contributed by atoms with Gasteiger partial charge in [0, 0.05) is 14.2 Å². The zero-order valence-corrected chi connectivity index (χ0v) is 11.8. The molecule has 0 amide bonds. The molecule has 2 heteroatoms. The summed E-state index contributed by atoms with van der Waals surface area (Å²) in [6.45, 7) is 5.42. The van der Waals surface area contributed by atoms with E-state index in [9.17, 15) is 0 Å². The van der Waals surface area contributed by atoms with Crippen molar-refractivity contribution in [2.45, 2.75) is 13.8 Å². The van der Waals surface area contributed by atoms with Crippen LogP contribution in [-0.2, 0) is 9.47 Å². The molecule has 0 bridgehead atoms. The lowest BCUT2D eigenvalue weighted by Crippen LogP contribution is -1.82. The summed E-state index contributed by atoms with van der Waals surface area (Å²) >= 11 is 0. The van der Waals surface area contributed by atoms with E-state index < -0.39 is 0 Å². The summed E-state index contributed by atoms with van der Waals surface area (Å²) in [5.41, 5.74) is 2.39. The summed E-state index contributed by atoms with van der Waals surface area (Å²) in [6.07, 6.45) is 16.2. The average Bonchev–Trinajstić information content (AvgIpc) is 2.37. The Bertz CT molecular complexity index is 310. The zero-order chi connectivity index (χ0) is 13.6. The van der Waals surface area contributed by atoms with Crippen molar-refractivity contribution in [2.75, 3.05) is 27.4 Å². The maximum Gasteiger partial charge on any atom is 0.0649 e. The van der Waals surface area contributed by atoms with Gasteiger partial charge in [-0.25, -0.2) is 0 Å². The van der Waals surface area contributed by atoms with Crippen LogP contribution in [0.25, 0.3) is 0 Å². The van der Waals surface area contributed by atoms with Gasteiger partial charge in [0.15, 0.2) is 0 Å². The SMILES string of the molecule is COC/C=C(C)/C=C/C=C/C=C/C(C)=C/COC. The Morgan fingerprint density at radius 3 is 1.44 bits per heavy atom. The highest BCUT2D eigenvalue weighted by molar-refractivity contribution is 5.24. The highest BCUT2D eigenvalue weighted by Crippen LogP contribution is 1.97. The molecule has 0 aliphatic carbocycles. The molecule has 0 aliphatic rings. The molecule has 0 aliphatic heterocycles. The first-order chi connectivity index (χ1) is 8.70. The second-order valence-corrected chi connectivity index (χ2v) is 3.91. The van der Waals surface area contributed by atoms with Gasteiger partial charge in [-0.15, -0.1) is 0 Å². The lowest BCUT2D eigenvalue weighted by atomic mass is 10.2. The van der Waals surface area contributed by atoms with Crippen molar-refractivity contribution in [3.05, 3.63) is 59.8 Å². The van der Waals surface area contributed by atoms with Crippen molar-refractivity contribution >= 4 is 0 Å². The maximum absolute atomic E-state index is 4.96. The van der Waals surface area contributed by atoms with Crippen LogP contribution in [0, 0.1) is 0 Å². The topological polar surface area (TPSA) is 18.5 Å². The number of ether oxygens (including phenoxy) is 2. The van der Waals surface area contributed by atoms with Gasteiger partial charge < -0.3 is 9.47 Å². The van der Waals surface area contributed by atoms with Gasteiger partial charge in [0.1, 0.15) is 0 Å². The fourth-order valence-corrected chi connectivity index (χ4v) is 1.11. The molecule has 0 saturated carbocycles.